The van der Waals surface area contributed by atoms with E-state index in [0.29, 0.717) is 0 Å². The van der Waals surface area contributed by atoms with E-state index < -0.39 is 0 Å². The summed E-state index contributed by atoms with van der Waals surface area (Å²) in [5.74, 6) is -0.00367. The number of H-pyrrole nitrogens is 1. The first-order valence-electron chi connectivity index (χ1n) is 7.68. The molecule has 2 aromatic carbocycles. The molecule has 0 spiro atoms. The van der Waals surface area contributed by atoms with E-state index in [1.807, 2.05) is 62.4 Å². The van der Waals surface area contributed by atoms with Crippen molar-refractivity contribution in [1.29, 1.82) is 0 Å². The molecule has 0 aliphatic rings. The maximum absolute atomic E-state index is 12.2. The van der Waals surface area contributed by atoms with Crippen LogP contribution in [-0.2, 0) is 4.79 Å². The van der Waals surface area contributed by atoms with Crippen molar-refractivity contribution in [3.63, 3.8) is 0 Å². The van der Waals surface area contributed by atoms with Gasteiger partial charge in [-0.05, 0) is 43.2 Å². The summed E-state index contributed by atoms with van der Waals surface area (Å²) in [6, 6.07) is 18.0. The van der Waals surface area contributed by atoms with Crippen molar-refractivity contribution in [3.8, 4) is 0 Å². The van der Waals surface area contributed by atoms with Gasteiger partial charge in [-0.25, -0.2) is 0 Å². The van der Waals surface area contributed by atoms with Crippen molar-refractivity contribution in [2.45, 2.75) is 13.8 Å². The van der Waals surface area contributed by atoms with E-state index in [-0.39, 0.29) is 5.78 Å². The number of aromatic nitrogens is 1. The Hall–Kier alpha value is -2.87. The maximum atomic E-state index is 12.2. The molecule has 0 saturated heterocycles. The first-order valence-corrected chi connectivity index (χ1v) is 7.68. The average molecular weight is 301 g/mol. The van der Waals surface area contributed by atoms with Crippen molar-refractivity contribution in [2.75, 3.05) is 0 Å². The molecule has 23 heavy (non-hydrogen) atoms. The van der Waals surface area contributed by atoms with E-state index in [4.69, 9.17) is 0 Å². The summed E-state index contributed by atoms with van der Waals surface area (Å²) in [6.07, 6.45) is 5.15. The SMILES string of the molecule is C/C(=C\C(=O)/C=C/c1ccccc1)c1c(C)[nH]c2ccccc12. The predicted molar refractivity (Wildman–Crippen MR) is 97.2 cm³/mol. The molecule has 0 unspecified atom stereocenters. The molecule has 0 bridgehead atoms. The Labute approximate surface area is 136 Å². The molecule has 0 aliphatic carbocycles. The number of hydrogen-bond donors (Lipinski definition) is 1. The summed E-state index contributed by atoms with van der Waals surface area (Å²) in [5.41, 5.74) is 5.29. The van der Waals surface area contributed by atoms with Crippen LogP contribution in [0.4, 0.5) is 0 Å². The van der Waals surface area contributed by atoms with Gasteiger partial charge in [-0.1, -0.05) is 54.6 Å². The number of aromatic amines is 1. The molecule has 3 rings (SSSR count). The van der Waals surface area contributed by atoms with Crippen LogP contribution in [0.5, 0.6) is 0 Å². The monoisotopic (exact) mass is 301 g/mol. The molecule has 0 amide bonds. The zero-order valence-corrected chi connectivity index (χ0v) is 13.3. The molecule has 0 saturated carbocycles. The number of allylic oxidation sites excluding steroid dienone is 3. The van der Waals surface area contributed by atoms with Gasteiger partial charge in [-0.2, -0.15) is 0 Å². The van der Waals surface area contributed by atoms with Crippen LogP contribution in [0.3, 0.4) is 0 Å². The third-order valence-electron chi connectivity index (χ3n) is 3.89. The highest BCUT2D eigenvalue weighted by Gasteiger charge is 2.09. The van der Waals surface area contributed by atoms with Gasteiger partial charge in [0.1, 0.15) is 0 Å². The molecule has 0 atom stereocenters. The van der Waals surface area contributed by atoms with Crippen LogP contribution in [0, 0.1) is 6.92 Å². The number of carbonyl (C=O) groups excluding carboxylic acids is 1. The third-order valence-corrected chi connectivity index (χ3v) is 3.89. The zero-order valence-electron chi connectivity index (χ0n) is 13.3. The van der Waals surface area contributed by atoms with Crippen molar-refractivity contribution in [1.82, 2.24) is 4.98 Å². The lowest BCUT2D eigenvalue weighted by Gasteiger charge is -2.01. The normalized spacial score (nSPS) is 12.2. The summed E-state index contributed by atoms with van der Waals surface area (Å²) in [4.78, 5) is 15.6. The standard InChI is InChI=1S/C21H19NO/c1-15(14-18(23)13-12-17-8-4-3-5-9-17)21-16(2)22-20-11-7-6-10-19(20)21/h3-14,22H,1-2H3/b13-12+,15-14+. The van der Waals surface area contributed by atoms with Gasteiger partial charge in [0.2, 0.25) is 0 Å². The van der Waals surface area contributed by atoms with Gasteiger partial charge >= 0.3 is 0 Å². The third kappa shape index (κ3) is 3.32. The quantitative estimate of drug-likeness (QED) is 0.663. The van der Waals surface area contributed by atoms with Crippen LogP contribution in [0.15, 0.2) is 66.7 Å². The fraction of sp³-hybridized carbons (Fsp3) is 0.0952. The van der Waals surface area contributed by atoms with E-state index in [2.05, 4.69) is 17.1 Å². The van der Waals surface area contributed by atoms with Gasteiger partial charge in [0, 0.05) is 22.2 Å². The summed E-state index contributed by atoms with van der Waals surface area (Å²) >= 11 is 0. The van der Waals surface area contributed by atoms with Gasteiger partial charge in [0.15, 0.2) is 5.78 Å². The van der Waals surface area contributed by atoms with Crippen LogP contribution in [0.2, 0.25) is 0 Å². The minimum absolute atomic E-state index is 0.00367. The summed E-state index contributed by atoms with van der Waals surface area (Å²) < 4.78 is 0. The lowest BCUT2D eigenvalue weighted by atomic mass is 10.0. The molecule has 1 N–H and O–H groups in total. The largest absolute Gasteiger partial charge is 0.358 e. The van der Waals surface area contributed by atoms with Gasteiger partial charge in [0.25, 0.3) is 0 Å². The lowest BCUT2D eigenvalue weighted by molar-refractivity contribution is -0.110. The summed E-state index contributed by atoms with van der Waals surface area (Å²) in [7, 11) is 0. The van der Waals surface area contributed by atoms with Crippen LogP contribution in [0.1, 0.15) is 23.7 Å². The Morgan fingerprint density at radius 2 is 1.70 bits per heavy atom. The Morgan fingerprint density at radius 1 is 1.00 bits per heavy atom. The van der Waals surface area contributed by atoms with Crippen molar-refractivity contribution in [3.05, 3.63) is 83.6 Å². The van der Waals surface area contributed by atoms with Crippen LogP contribution in [0.25, 0.3) is 22.6 Å². The van der Waals surface area contributed by atoms with E-state index in [1.54, 1.807) is 12.2 Å². The highest BCUT2D eigenvalue weighted by Crippen LogP contribution is 2.28. The lowest BCUT2D eigenvalue weighted by Crippen LogP contribution is -1.90. The average Bonchev–Trinajstić information content (AvgIpc) is 2.89. The van der Waals surface area contributed by atoms with E-state index >= 15 is 0 Å². The fourth-order valence-corrected chi connectivity index (χ4v) is 2.86. The maximum Gasteiger partial charge on any atom is 0.178 e. The van der Waals surface area contributed by atoms with Gasteiger partial charge < -0.3 is 4.98 Å². The van der Waals surface area contributed by atoms with Gasteiger partial charge in [-0.3, -0.25) is 4.79 Å². The molecule has 0 radical (unpaired) electrons. The number of nitrogens with one attached hydrogen (secondary N) is 1. The molecule has 2 heteroatoms. The minimum Gasteiger partial charge on any atom is -0.358 e. The molecule has 0 fully saturated rings. The molecule has 2 nitrogen and oxygen atoms in total. The second-order valence-corrected chi connectivity index (χ2v) is 5.64. The second-order valence-electron chi connectivity index (χ2n) is 5.64. The topological polar surface area (TPSA) is 32.9 Å². The highest BCUT2D eigenvalue weighted by atomic mass is 16.1. The molecular weight excluding hydrogens is 282 g/mol. The zero-order chi connectivity index (χ0) is 16.2. The van der Waals surface area contributed by atoms with Crippen molar-refractivity contribution in [2.24, 2.45) is 0 Å². The Bertz CT molecular complexity index is 898. The minimum atomic E-state index is -0.00367. The number of hydrogen-bond acceptors (Lipinski definition) is 1. The first-order chi connectivity index (χ1) is 11.1. The van der Waals surface area contributed by atoms with Crippen LogP contribution < -0.4 is 0 Å². The van der Waals surface area contributed by atoms with Crippen molar-refractivity contribution >= 4 is 28.3 Å². The Kier molecular flexibility index (Phi) is 4.24. The second kappa shape index (κ2) is 6.49. The smallest absolute Gasteiger partial charge is 0.178 e. The Morgan fingerprint density at radius 3 is 2.48 bits per heavy atom. The summed E-state index contributed by atoms with van der Waals surface area (Å²) in [6.45, 7) is 4.02. The predicted octanol–water partition coefficient (Wildman–Crippen LogP) is 5.16. The molecular formula is C21H19NO. The van der Waals surface area contributed by atoms with Crippen molar-refractivity contribution < 1.29 is 4.79 Å². The molecule has 1 aromatic heterocycles. The number of carbonyl (C=O) groups is 1. The molecule has 0 aliphatic heterocycles. The van der Waals surface area contributed by atoms with Gasteiger partial charge in [0.05, 0.1) is 0 Å². The Balaban J connectivity index is 1.88. The van der Waals surface area contributed by atoms with E-state index in [0.717, 1.165) is 33.3 Å². The molecule has 114 valence electrons. The molecule has 3 aromatic rings. The summed E-state index contributed by atoms with van der Waals surface area (Å²) in [5, 5.41) is 1.15. The molecule has 1 heterocycles. The number of fused-ring (bicyclic) bond motifs is 1. The number of aryl methyl sites for hydroxylation is 1. The number of para-hydroxylation sites is 1. The van der Waals surface area contributed by atoms with E-state index in [1.165, 1.54) is 0 Å². The number of rotatable bonds is 4. The van der Waals surface area contributed by atoms with Crippen LogP contribution >= 0.6 is 0 Å². The van der Waals surface area contributed by atoms with Crippen LogP contribution in [-0.4, -0.2) is 10.8 Å². The van der Waals surface area contributed by atoms with E-state index in [9.17, 15) is 4.79 Å². The number of ketones is 1. The number of benzene rings is 2. The first kappa shape index (κ1) is 15.0. The fourth-order valence-electron chi connectivity index (χ4n) is 2.86. The van der Waals surface area contributed by atoms with Gasteiger partial charge in [-0.15, -0.1) is 0 Å². The highest BCUT2D eigenvalue weighted by molar-refractivity contribution is 6.08.